The molecule has 1 fully saturated rings. The summed E-state index contributed by atoms with van der Waals surface area (Å²) in [4.78, 5) is 23.0. The van der Waals surface area contributed by atoms with Crippen molar-refractivity contribution in [3.05, 3.63) is 65.0 Å². The summed E-state index contributed by atoms with van der Waals surface area (Å²) in [5, 5.41) is 9.14. The van der Waals surface area contributed by atoms with Gasteiger partial charge in [-0.3, -0.25) is 4.79 Å². The van der Waals surface area contributed by atoms with Gasteiger partial charge < -0.3 is 15.0 Å². The van der Waals surface area contributed by atoms with Gasteiger partial charge in [0, 0.05) is 19.0 Å². The van der Waals surface area contributed by atoms with Crippen LogP contribution in [-0.2, 0) is 17.8 Å². The highest BCUT2D eigenvalue weighted by Crippen LogP contribution is 2.28. The first-order chi connectivity index (χ1) is 13.1. The zero-order valence-electron chi connectivity index (χ0n) is 15.6. The maximum atomic E-state index is 12.8. The van der Waals surface area contributed by atoms with Crippen LogP contribution in [0.25, 0.3) is 11.0 Å². The number of benzene rings is 2. The van der Waals surface area contributed by atoms with Gasteiger partial charge in [-0.1, -0.05) is 36.4 Å². The van der Waals surface area contributed by atoms with Crippen LogP contribution in [0, 0.1) is 6.92 Å². The first kappa shape index (κ1) is 17.7. The number of hydrogen-bond donors (Lipinski definition) is 2. The number of likely N-dealkylation sites (tertiary alicyclic amines) is 1. The predicted octanol–water partition coefficient (Wildman–Crippen LogP) is 3.31. The normalized spacial score (nSPS) is 17.4. The largest absolute Gasteiger partial charge is 0.392 e. The molecule has 0 bridgehead atoms. The van der Waals surface area contributed by atoms with E-state index in [-0.39, 0.29) is 18.4 Å². The minimum absolute atomic E-state index is 0.0268. The van der Waals surface area contributed by atoms with Crippen LogP contribution in [0.4, 0.5) is 0 Å². The minimum atomic E-state index is 0.0268. The van der Waals surface area contributed by atoms with E-state index < -0.39 is 0 Å². The molecule has 0 saturated carbocycles. The molecule has 4 rings (SSSR count). The number of amides is 1. The molecule has 2 N–H and O–H groups in total. The second kappa shape index (κ2) is 7.53. The van der Waals surface area contributed by atoms with Crippen molar-refractivity contribution >= 4 is 16.9 Å². The summed E-state index contributed by atoms with van der Waals surface area (Å²) < 4.78 is 0. The quantitative estimate of drug-likeness (QED) is 0.747. The zero-order chi connectivity index (χ0) is 18.8. The third kappa shape index (κ3) is 3.74. The van der Waals surface area contributed by atoms with E-state index in [1.165, 1.54) is 5.56 Å². The fourth-order valence-electron chi connectivity index (χ4n) is 3.86. The molecule has 1 amide bonds. The Bertz CT molecular complexity index is 946. The number of aliphatic hydroxyl groups excluding tert-OH is 1. The van der Waals surface area contributed by atoms with Crippen molar-refractivity contribution in [2.24, 2.45) is 0 Å². The van der Waals surface area contributed by atoms with Crippen LogP contribution in [-0.4, -0.2) is 39.0 Å². The van der Waals surface area contributed by atoms with E-state index >= 15 is 0 Å². The first-order valence-electron chi connectivity index (χ1n) is 9.55. The van der Waals surface area contributed by atoms with Crippen molar-refractivity contribution < 1.29 is 9.90 Å². The lowest BCUT2D eigenvalue weighted by Gasteiger charge is -2.32. The summed E-state index contributed by atoms with van der Waals surface area (Å²) in [7, 11) is 0. The number of aromatic amines is 1. The zero-order valence-corrected chi connectivity index (χ0v) is 15.6. The number of nitrogens with one attached hydrogen (secondary N) is 1. The van der Waals surface area contributed by atoms with E-state index in [1.807, 2.05) is 35.2 Å². The van der Waals surface area contributed by atoms with Crippen LogP contribution >= 0.6 is 0 Å². The highest BCUT2D eigenvalue weighted by atomic mass is 16.3. The molecular weight excluding hydrogens is 338 g/mol. The Morgan fingerprint density at radius 1 is 1.22 bits per heavy atom. The molecule has 2 heterocycles. The van der Waals surface area contributed by atoms with Gasteiger partial charge in [-0.15, -0.1) is 0 Å². The molecule has 1 atom stereocenters. The number of aryl methyl sites for hydroxylation is 1. The van der Waals surface area contributed by atoms with Gasteiger partial charge in [0.2, 0.25) is 5.91 Å². The summed E-state index contributed by atoms with van der Waals surface area (Å²) in [6, 6.07) is 13.8. The van der Waals surface area contributed by atoms with Crippen molar-refractivity contribution in [1.82, 2.24) is 14.9 Å². The lowest BCUT2D eigenvalue weighted by atomic mass is 9.96. The molecule has 3 aromatic rings. The number of nitrogens with zero attached hydrogens (tertiary/aromatic N) is 2. The SMILES string of the molecule is Cc1cccc2[nH]c([C@@H]3CCCN(C(=O)Cc4ccc(CO)cc4)C3)nc12. The summed E-state index contributed by atoms with van der Waals surface area (Å²) >= 11 is 0. The molecule has 0 spiro atoms. The van der Waals surface area contributed by atoms with Crippen LogP contribution < -0.4 is 0 Å². The predicted molar refractivity (Wildman–Crippen MR) is 105 cm³/mol. The second-order valence-electron chi connectivity index (χ2n) is 7.42. The molecule has 5 nitrogen and oxygen atoms in total. The van der Waals surface area contributed by atoms with Gasteiger partial charge >= 0.3 is 0 Å². The Kier molecular flexibility index (Phi) is 4.94. The summed E-state index contributed by atoms with van der Waals surface area (Å²) in [5.41, 5.74) is 5.12. The summed E-state index contributed by atoms with van der Waals surface area (Å²) in [6.45, 7) is 3.63. The van der Waals surface area contributed by atoms with Gasteiger partial charge in [-0.05, 0) is 42.5 Å². The number of piperidine rings is 1. The third-order valence-electron chi connectivity index (χ3n) is 5.45. The number of imidazole rings is 1. The number of hydrogen-bond acceptors (Lipinski definition) is 3. The van der Waals surface area contributed by atoms with Crippen molar-refractivity contribution in [3.63, 3.8) is 0 Å². The number of carbonyl (C=O) groups excluding carboxylic acids is 1. The van der Waals surface area contributed by atoms with E-state index in [0.717, 1.165) is 47.4 Å². The highest BCUT2D eigenvalue weighted by Gasteiger charge is 2.26. The fraction of sp³-hybridized carbons (Fsp3) is 0.364. The molecule has 1 aliphatic heterocycles. The number of aliphatic hydroxyl groups is 1. The Morgan fingerprint density at radius 3 is 2.74 bits per heavy atom. The van der Waals surface area contributed by atoms with Crippen molar-refractivity contribution in [2.75, 3.05) is 13.1 Å². The lowest BCUT2D eigenvalue weighted by Crippen LogP contribution is -2.40. The minimum Gasteiger partial charge on any atom is -0.392 e. The molecule has 0 unspecified atom stereocenters. The molecule has 2 aromatic carbocycles. The first-order valence-corrected chi connectivity index (χ1v) is 9.55. The Hall–Kier alpha value is -2.66. The fourth-order valence-corrected chi connectivity index (χ4v) is 3.86. The van der Waals surface area contributed by atoms with E-state index in [4.69, 9.17) is 10.1 Å². The maximum absolute atomic E-state index is 12.8. The van der Waals surface area contributed by atoms with Gasteiger partial charge in [-0.25, -0.2) is 4.98 Å². The Morgan fingerprint density at radius 2 is 2.00 bits per heavy atom. The standard InChI is InChI=1S/C22H25N3O2/c1-15-4-2-6-19-21(15)24-22(23-19)18-5-3-11-25(13-18)20(27)12-16-7-9-17(14-26)10-8-16/h2,4,6-10,18,26H,3,5,11-14H2,1H3,(H,23,24)/t18-/m1/s1. The van der Waals surface area contributed by atoms with Gasteiger partial charge in [0.05, 0.1) is 24.1 Å². The second-order valence-corrected chi connectivity index (χ2v) is 7.42. The monoisotopic (exact) mass is 363 g/mol. The van der Waals surface area contributed by atoms with E-state index in [0.29, 0.717) is 13.0 Å². The number of fused-ring (bicyclic) bond motifs is 1. The highest BCUT2D eigenvalue weighted by molar-refractivity contribution is 5.80. The van der Waals surface area contributed by atoms with Crippen LogP contribution in [0.2, 0.25) is 0 Å². The average Bonchev–Trinajstić information content (AvgIpc) is 3.14. The molecule has 140 valence electrons. The number of rotatable bonds is 4. The van der Waals surface area contributed by atoms with Crippen LogP contribution in [0.3, 0.4) is 0 Å². The number of para-hydroxylation sites is 1. The van der Waals surface area contributed by atoms with Gasteiger partial charge in [0.1, 0.15) is 5.82 Å². The van der Waals surface area contributed by atoms with Crippen LogP contribution in [0.1, 0.15) is 41.3 Å². The van der Waals surface area contributed by atoms with Gasteiger partial charge in [-0.2, -0.15) is 0 Å². The number of aromatic nitrogens is 2. The Balaban J connectivity index is 1.46. The van der Waals surface area contributed by atoms with E-state index in [2.05, 4.69) is 24.0 Å². The van der Waals surface area contributed by atoms with Crippen LogP contribution in [0.5, 0.6) is 0 Å². The molecule has 0 aliphatic carbocycles. The van der Waals surface area contributed by atoms with E-state index in [9.17, 15) is 4.79 Å². The summed E-state index contributed by atoms with van der Waals surface area (Å²) in [6.07, 6.45) is 2.45. The molecule has 0 radical (unpaired) electrons. The lowest BCUT2D eigenvalue weighted by molar-refractivity contribution is -0.131. The average molecular weight is 363 g/mol. The number of carbonyl (C=O) groups is 1. The topological polar surface area (TPSA) is 69.2 Å². The van der Waals surface area contributed by atoms with E-state index in [1.54, 1.807) is 0 Å². The molecule has 1 aromatic heterocycles. The van der Waals surface area contributed by atoms with Crippen LogP contribution in [0.15, 0.2) is 42.5 Å². The molecule has 27 heavy (non-hydrogen) atoms. The molecule has 1 saturated heterocycles. The maximum Gasteiger partial charge on any atom is 0.227 e. The molecule has 1 aliphatic rings. The van der Waals surface area contributed by atoms with Crippen molar-refractivity contribution in [2.45, 2.75) is 38.7 Å². The number of H-pyrrole nitrogens is 1. The van der Waals surface area contributed by atoms with Crippen molar-refractivity contribution in [1.29, 1.82) is 0 Å². The molecule has 5 heteroatoms. The van der Waals surface area contributed by atoms with Crippen molar-refractivity contribution in [3.8, 4) is 0 Å². The Labute approximate surface area is 159 Å². The third-order valence-corrected chi connectivity index (χ3v) is 5.45. The summed E-state index contributed by atoms with van der Waals surface area (Å²) in [5.74, 6) is 1.40. The molecular formula is C22H25N3O2. The van der Waals surface area contributed by atoms with Gasteiger partial charge in [0.15, 0.2) is 0 Å². The van der Waals surface area contributed by atoms with Gasteiger partial charge in [0.25, 0.3) is 0 Å². The smallest absolute Gasteiger partial charge is 0.227 e.